The lowest BCUT2D eigenvalue weighted by Gasteiger charge is -2.38. The van der Waals surface area contributed by atoms with E-state index in [-0.39, 0.29) is 11.3 Å². The molecule has 0 bridgehead atoms. The molecule has 0 unspecified atom stereocenters. The van der Waals surface area contributed by atoms with Crippen LogP contribution in [0.5, 0.6) is 0 Å². The minimum Gasteiger partial charge on any atom is -0.469 e. The number of hydrogen-bond donors (Lipinski definition) is 1. The third-order valence-corrected chi connectivity index (χ3v) is 4.47. The van der Waals surface area contributed by atoms with Crippen molar-refractivity contribution in [1.82, 2.24) is 4.90 Å². The molecule has 2 N–H and O–H groups in total. The van der Waals surface area contributed by atoms with Crippen molar-refractivity contribution in [3.63, 3.8) is 0 Å². The molecule has 0 radical (unpaired) electrons. The number of furan rings is 1. The van der Waals surface area contributed by atoms with Crippen molar-refractivity contribution in [3.8, 4) is 0 Å². The number of hydrogen-bond acceptors (Lipinski definition) is 3. The van der Waals surface area contributed by atoms with E-state index >= 15 is 0 Å². The highest BCUT2D eigenvalue weighted by atomic mass is 32.1. The molecule has 1 saturated heterocycles. The maximum atomic E-state index is 12.1. The minimum absolute atomic E-state index is 0.0902. The van der Waals surface area contributed by atoms with E-state index in [1.165, 1.54) is 0 Å². The van der Waals surface area contributed by atoms with E-state index in [2.05, 4.69) is 6.92 Å². The summed E-state index contributed by atoms with van der Waals surface area (Å²) in [5.41, 5.74) is 5.67. The molecule has 0 spiro atoms. The normalized spacial score (nSPS) is 18.3. The second kappa shape index (κ2) is 5.74. The Labute approximate surface area is 118 Å². The van der Waals surface area contributed by atoms with E-state index in [4.69, 9.17) is 22.4 Å². The van der Waals surface area contributed by atoms with Gasteiger partial charge in [0.15, 0.2) is 0 Å². The molecule has 1 aromatic heterocycles. The van der Waals surface area contributed by atoms with Gasteiger partial charge in [0, 0.05) is 31.3 Å². The largest absolute Gasteiger partial charge is 0.469 e. The molecule has 1 fully saturated rings. The molecule has 19 heavy (non-hydrogen) atoms. The number of piperidine rings is 1. The van der Waals surface area contributed by atoms with E-state index in [0.29, 0.717) is 17.8 Å². The Kier molecular flexibility index (Phi) is 4.24. The number of likely N-dealkylation sites (tertiary alicyclic amines) is 1. The molecule has 0 saturated carbocycles. The van der Waals surface area contributed by atoms with Crippen LogP contribution in [0.2, 0.25) is 0 Å². The lowest BCUT2D eigenvalue weighted by atomic mass is 9.80. The van der Waals surface area contributed by atoms with Gasteiger partial charge in [0.05, 0.1) is 11.3 Å². The fourth-order valence-corrected chi connectivity index (χ4v) is 2.54. The SMILES string of the molecule is CC1(C(N)=S)CCN(C(=O)CCc2ccco2)CC1. The standard InChI is InChI=1S/C14H20N2O2S/c1-14(13(15)19)6-8-16(9-7-14)12(17)5-4-11-3-2-10-18-11/h2-3,10H,4-9H2,1H3,(H2,15,19). The molecule has 104 valence electrons. The van der Waals surface area contributed by atoms with Gasteiger partial charge in [-0.2, -0.15) is 0 Å². The van der Waals surface area contributed by atoms with E-state index in [1.807, 2.05) is 17.0 Å². The zero-order valence-corrected chi connectivity index (χ0v) is 12.0. The summed E-state index contributed by atoms with van der Waals surface area (Å²) < 4.78 is 5.23. The fraction of sp³-hybridized carbons (Fsp3) is 0.571. The van der Waals surface area contributed by atoms with Crippen LogP contribution in [-0.4, -0.2) is 28.9 Å². The van der Waals surface area contributed by atoms with Crippen LogP contribution in [0.4, 0.5) is 0 Å². The predicted molar refractivity (Wildman–Crippen MR) is 77.7 cm³/mol. The zero-order valence-electron chi connectivity index (χ0n) is 11.2. The average molecular weight is 280 g/mol. The highest BCUT2D eigenvalue weighted by molar-refractivity contribution is 7.80. The first kappa shape index (κ1) is 14.1. The first-order chi connectivity index (χ1) is 9.01. The van der Waals surface area contributed by atoms with Gasteiger partial charge < -0.3 is 15.1 Å². The fourth-order valence-electron chi connectivity index (χ4n) is 2.34. The molecule has 1 aliphatic heterocycles. The molecule has 4 nitrogen and oxygen atoms in total. The number of aryl methyl sites for hydroxylation is 1. The van der Waals surface area contributed by atoms with Gasteiger partial charge in [-0.05, 0) is 25.0 Å². The first-order valence-corrected chi connectivity index (χ1v) is 7.02. The molecule has 1 aromatic rings. The number of thiocarbonyl (C=S) groups is 1. The molecular formula is C14H20N2O2S. The van der Waals surface area contributed by atoms with Crippen LogP contribution in [0.15, 0.2) is 22.8 Å². The second-order valence-electron chi connectivity index (χ2n) is 5.39. The maximum absolute atomic E-state index is 12.1. The van der Waals surface area contributed by atoms with Crippen molar-refractivity contribution in [1.29, 1.82) is 0 Å². The third-order valence-electron chi connectivity index (χ3n) is 3.98. The van der Waals surface area contributed by atoms with Crippen LogP contribution in [0.25, 0.3) is 0 Å². The second-order valence-corrected chi connectivity index (χ2v) is 5.82. The van der Waals surface area contributed by atoms with Crippen LogP contribution < -0.4 is 5.73 Å². The molecule has 1 aliphatic rings. The zero-order chi connectivity index (χ0) is 13.9. The van der Waals surface area contributed by atoms with Crippen molar-refractivity contribution < 1.29 is 9.21 Å². The molecule has 0 atom stereocenters. The van der Waals surface area contributed by atoms with Gasteiger partial charge in [-0.15, -0.1) is 0 Å². The smallest absolute Gasteiger partial charge is 0.223 e. The maximum Gasteiger partial charge on any atom is 0.223 e. The van der Waals surface area contributed by atoms with E-state index < -0.39 is 0 Å². The monoisotopic (exact) mass is 280 g/mol. The number of nitrogens with two attached hydrogens (primary N) is 1. The Bertz CT molecular complexity index is 448. The number of rotatable bonds is 4. The highest BCUT2D eigenvalue weighted by Gasteiger charge is 2.33. The minimum atomic E-state index is -0.0902. The Morgan fingerprint density at radius 3 is 2.74 bits per heavy atom. The van der Waals surface area contributed by atoms with Gasteiger partial charge in [0.25, 0.3) is 0 Å². The molecular weight excluding hydrogens is 260 g/mol. The van der Waals surface area contributed by atoms with Crippen molar-refractivity contribution in [2.45, 2.75) is 32.6 Å². The Morgan fingerprint density at radius 1 is 1.53 bits per heavy atom. The molecule has 1 amide bonds. The van der Waals surface area contributed by atoms with E-state index in [0.717, 1.165) is 31.7 Å². The van der Waals surface area contributed by atoms with Crippen molar-refractivity contribution in [2.75, 3.05) is 13.1 Å². The summed E-state index contributed by atoms with van der Waals surface area (Å²) >= 11 is 5.10. The van der Waals surface area contributed by atoms with E-state index in [1.54, 1.807) is 6.26 Å². The topological polar surface area (TPSA) is 59.5 Å². The van der Waals surface area contributed by atoms with Gasteiger partial charge in [-0.25, -0.2) is 0 Å². The van der Waals surface area contributed by atoms with E-state index in [9.17, 15) is 4.79 Å². The summed E-state index contributed by atoms with van der Waals surface area (Å²) in [6.45, 7) is 3.57. The summed E-state index contributed by atoms with van der Waals surface area (Å²) in [4.78, 5) is 14.6. The quantitative estimate of drug-likeness (QED) is 0.858. The number of amides is 1. The van der Waals surface area contributed by atoms with Crippen LogP contribution >= 0.6 is 12.2 Å². The van der Waals surface area contributed by atoms with Crippen LogP contribution in [0, 0.1) is 5.41 Å². The predicted octanol–water partition coefficient (Wildman–Crippen LogP) is 2.13. The highest BCUT2D eigenvalue weighted by Crippen LogP contribution is 2.31. The first-order valence-electron chi connectivity index (χ1n) is 6.61. The average Bonchev–Trinajstić information content (AvgIpc) is 2.90. The summed E-state index contributed by atoms with van der Waals surface area (Å²) in [7, 11) is 0. The van der Waals surface area contributed by atoms with Crippen LogP contribution in [0.3, 0.4) is 0 Å². The Balaban J connectivity index is 1.81. The van der Waals surface area contributed by atoms with Gasteiger partial charge in [-0.1, -0.05) is 19.1 Å². The van der Waals surface area contributed by atoms with Crippen molar-refractivity contribution in [3.05, 3.63) is 24.2 Å². The summed E-state index contributed by atoms with van der Waals surface area (Å²) in [6.07, 6.45) is 4.50. The lowest BCUT2D eigenvalue weighted by molar-refractivity contribution is -0.132. The molecule has 2 rings (SSSR count). The van der Waals surface area contributed by atoms with Gasteiger partial charge in [0.2, 0.25) is 5.91 Å². The summed E-state index contributed by atoms with van der Waals surface area (Å²) in [5, 5.41) is 0. The van der Waals surface area contributed by atoms with Crippen molar-refractivity contribution >= 4 is 23.1 Å². The Morgan fingerprint density at radius 2 is 2.21 bits per heavy atom. The molecule has 0 aromatic carbocycles. The summed E-state index contributed by atoms with van der Waals surface area (Å²) in [6, 6.07) is 3.74. The Hall–Kier alpha value is -1.36. The van der Waals surface area contributed by atoms with Crippen LogP contribution in [0.1, 0.15) is 31.9 Å². The number of carbonyl (C=O) groups excluding carboxylic acids is 1. The third kappa shape index (κ3) is 3.35. The van der Waals surface area contributed by atoms with Crippen LogP contribution in [-0.2, 0) is 11.2 Å². The van der Waals surface area contributed by atoms with Gasteiger partial charge >= 0.3 is 0 Å². The lowest BCUT2D eigenvalue weighted by Crippen LogP contribution is -2.46. The molecule has 5 heteroatoms. The number of carbonyl (C=O) groups is 1. The van der Waals surface area contributed by atoms with Crippen molar-refractivity contribution in [2.24, 2.45) is 11.1 Å². The molecule has 0 aliphatic carbocycles. The van der Waals surface area contributed by atoms with Gasteiger partial charge in [0.1, 0.15) is 5.76 Å². The molecule has 2 heterocycles. The van der Waals surface area contributed by atoms with Gasteiger partial charge in [-0.3, -0.25) is 4.79 Å². The number of nitrogens with zero attached hydrogens (tertiary/aromatic N) is 1. The summed E-state index contributed by atoms with van der Waals surface area (Å²) in [5.74, 6) is 1.04.